The maximum Gasteiger partial charge on any atom is 0.145 e. The highest BCUT2D eigenvalue weighted by molar-refractivity contribution is 9.10. The number of halogens is 2. The number of nitrogens with zero attached hydrogens (tertiary/aromatic N) is 2. The molecule has 3 nitrogen and oxygen atoms in total. The number of aromatic nitrogens is 2. The van der Waals surface area contributed by atoms with Crippen LogP contribution in [0.2, 0.25) is 0 Å². The summed E-state index contributed by atoms with van der Waals surface area (Å²) >= 11 is 3.40. The molecular formula is C15H17BrFN3. The summed E-state index contributed by atoms with van der Waals surface area (Å²) in [6.45, 7) is 4.82. The zero-order valence-corrected chi connectivity index (χ0v) is 13.1. The van der Waals surface area contributed by atoms with E-state index < -0.39 is 0 Å². The average Bonchev–Trinajstić information content (AvgIpc) is 2.42. The molecule has 0 spiro atoms. The molecule has 1 aromatic heterocycles. The van der Waals surface area contributed by atoms with Crippen molar-refractivity contribution in [2.75, 3.05) is 6.54 Å². The quantitative estimate of drug-likeness (QED) is 0.906. The normalized spacial score (nSPS) is 12.4. The van der Waals surface area contributed by atoms with E-state index in [1.165, 1.54) is 12.1 Å². The Labute approximate surface area is 126 Å². The van der Waals surface area contributed by atoms with Crippen LogP contribution in [0.15, 0.2) is 35.1 Å². The third-order valence-electron chi connectivity index (χ3n) is 3.00. The van der Waals surface area contributed by atoms with Gasteiger partial charge in [-0.3, -0.25) is 0 Å². The molecule has 1 aromatic carbocycles. The van der Waals surface area contributed by atoms with Crippen molar-refractivity contribution in [1.82, 2.24) is 15.3 Å². The lowest BCUT2D eigenvalue weighted by atomic mass is 10.0. The van der Waals surface area contributed by atoms with E-state index in [9.17, 15) is 4.39 Å². The first kappa shape index (κ1) is 15.1. The van der Waals surface area contributed by atoms with Crippen molar-refractivity contribution >= 4 is 15.9 Å². The third kappa shape index (κ3) is 3.84. The Morgan fingerprint density at radius 2 is 2.00 bits per heavy atom. The van der Waals surface area contributed by atoms with E-state index in [2.05, 4.69) is 31.2 Å². The predicted molar refractivity (Wildman–Crippen MR) is 81.0 cm³/mol. The second-order valence-electron chi connectivity index (χ2n) is 4.67. The maximum absolute atomic E-state index is 13.1. The van der Waals surface area contributed by atoms with Crippen LogP contribution in [0.25, 0.3) is 0 Å². The van der Waals surface area contributed by atoms with Gasteiger partial charge in [0, 0.05) is 16.9 Å². The van der Waals surface area contributed by atoms with Gasteiger partial charge in [0.15, 0.2) is 0 Å². The molecule has 0 fully saturated rings. The Morgan fingerprint density at radius 1 is 1.30 bits per heavy atom. The van der Waals surface area contributed by atoms with Crippen LogP contribution < -0.4 is 5.32 Å². The monoisotopic (exact) mass is 337 g/mol. The molecule has 1 heterocycles. The van der Waals surface area contributed by atoms with E-state index in [4.69, 9.17) is 0 Å². The molecule has 0 saturated carbocycles. The lowest BCUT2D eigenvalue weighted by Gasteiger charge is -2.17. The average molecular weight is 338 g/mol. The van der Waals surface area contributed by atoms with Gasteiger partial charge in [-0.25, -0.2) is 14.4 Å². The molecular weight excluding hydrogens is 321 g/mol. The molecule has 106 valence electrons. The van der Waals surface area contributed by atoms with Crippen LogP contribution in [0.5, 0.6) is 0 Å². The van der Waals surface area contributed by atoms with Gasteiger partial charge in [0.05, 0.1) is 6.04 Å². The van der Waals surface area contributed by atoms with E-state index >= 15 is 0 Å². The standard InChI is InChI=1S/C15H17BrFN3/c1-3-18-14(15-19-8-10(2)9-20-15)6-11-4-5-12(17)7-13(11)16/h4-5,7-9,14,18H,3,6H2,1-2H3. The first-order valence-electron chi connectivity index (χ1n) is 6.56. The van der Waals surface area contributed by atoms with E-state index in [-0.39, 0.29) is 11.9 Å². The second-order valence-corrected chi connectivity index (χ2v) is 5.52. The number of benzene rings is 1. The van der Waals surface area contributed by atoms with Crippen LogP contribution >= 0.6 is 15.9 Å². The van der Waals surface area contributed by atoms with Crippen molar-refractivity contribution in [1.29, 1.82) is 0 Å². The summed E-state index contributed by atoms with van der Waals surface area (Å²) < 4.78 is 13.9. The Morgan fingerprint density at radius 3 is 2.60 bits per heavy atom. The van der Waals surface area contributed by atoms with Crippen molar-refractivity contribution in [2.45, 2.75) is 26.3 Å². The van der Waals surface area contributed by atoms with Crippen molar-refractivity contribution in [3.8, 4) is 0 Å². The lowest BCUT2D eigenvalue weighted by Crippen LogP contribution is -2.25. The van der Waals surface area contributed by atoms with Crippen LogP contribution in [-0.2, 0) is 6.42 Å². The van der Waals surface area contributed by atoms with Crippen LogP contribution in [0.4, 0.5) is 4.39 Å². The van der Waals surface area contributed by atoms with Crippen molar-refractivity contribution in [3.05, 3.63) is 57.8 Å². The molecule has 0 saturated heterocycles. The molecule has 2 rings (SSSR count). The largest absolute Gasteiger partial charge is 0.307 e. The van der Waals surface area contributed by atoms with E-state index in [1.807, 2.05) is 26.2 Å². The minimum absolute atomic E-state index is 0.0161. The smallest absolute Gasteiger partial charge is 0.145 e. The highest BCUT2D eigenvalue weighted by Gasteiger charge is 2.15. The molecule has 0 radical (unpaired) electrons. The predicted octanol–water partition coefficient (Wildman–Crippen LogP) is 3.58. The molecule has 5 heteroatoms. The Balaban J connectivity index is 2.22. The first-order valence-corrected chi connectivity index (χ1v) is 7.35. The lowest BCUT2D eigenvalue weighted by molar-refractivity contribution is 0.519. The van der Waals surface area contributed by atoms with E-state index in [0.717, 1.165) is 28.0 Å². The zero-order valence-electron chi connectivity index (χ0n) is 11.5. The summed E-state index contributed by atoms with van der Waals surface area (Å²) in [4.78, 5) is 8.76. The second kappa shape index (κ2) is 6.90. The van der Waals surface area contributed by atoms with Gasteiger partial charge in [0.2, 0.25) is 0 Å². The third-order valence-corrected chi connectivity index (χ3v) is 3.74. The van der Waals surface area contributed by atoms with Crippen molar-refractivity contribution in [2.24, 2.45) is 0 Å². The van der Waals surface area contributed by atoms with Gasteiger partial charge in [-0.2, -0.15) is 0 Å². The SMILES string of the molecule is CCNC(Cc1ccc(F)cc1Br)c1ncc(C)cn1. The number of hydrogen-bond donors (Lipinski definition) is 1. The minimum Gasteiger partial charge on any atom is -0.307 e. The van der Waals surface area contributed by atoms with E-state index in [1.54, 1.807) is 6.07 Å². The van der Waals surface area contributed by atoms with Gasteiger partial charge in [-0.1, -0.05) is 28.9 Å². The van der Waals surface area contributed by atoms with Crippen molar-refractivity contribution in [3.63, 3.8) is 0 Å². The Kier molecular flexibility index (Phi) is 5.20. The number of aryl methyl sites for hydroxylation is 1. The number of hydrogen-bond acceptors (Lipinski definition) is 3. The number of likely N-dealkylation sites (N-methyl/N-ethyl adjacent to an activating group) is 1. The van der Waals surface area contributed by atoms with Gasteiger partial charge in [0.25, 0.3) is 0 Å². The molecule has 1 unspecified atom stereocenters. The topological polar surface area (TPSA) is 37.8 Å². The summed E-state index contributed by atoms with van der Waals surface area (Å²) in [5.41, 5.74) is 2.06. The Bertz CT molecular complexity index is 572. The van der Waals surface area contributed by atoms with E-state index in [0.29, 0.717) is 6.42 Å². The molecule has 0 aliphatic carbocycles. The molecule has 20 heavy (non-hydrogen) atoms. The van der Waals surface area contributed by atoms with Crippen molar-refractivity contribution < 1.29 is 4.39 Å². The van der Waals surface area contributed by atoms with Gasteiger partial charge < -0.3 is 5.32 Å². The van der Waals surface area contributed by atoms with Crippen LogP contribution in [0.1, 0.15) is 29.9 Å². The number of rotatable bonds is 5. The fourth-order valence-corrected chi connectivity index (χ4v) is 2.50. The zero-order chi connectivity index (χ0) is 14.5. The van der Waals surface area contributed by atoms with Gasteiger partial charge in [-0.05, 0) is 43.1 Å². The molecule has 2 aromatic rings. The maximum atomic E-state index is 13.1. The highest BCUT2D eigenvalue weighted by atomic mass is 79.9. The fraction of sp³-hybridized carbons (Fsp3) is 0.333. The molecule has 0 aliphatic rings. The summed E-state index contributed by atoms with van der Waals surface area (Å²) in [5.74, 6) is 0.515. The molecule has 0 bridgehead atoms. The van der Waals surface area contributed by atoms with Crippen LogP contribution in [0.3, 0.4) is 0 Å². The highest BCUT2D eigenvalue weighted by Crippen LogP contribution is 2.23. The summed E-state index contributed by atoms with van der Waals surface area (Å²) in [7, 11) is 0. The molecule has 1 N–H and O–H groups in total. The molecule has 1 atom stereocenters. The van der Waals surface area contributed by atoms with Gasteiger partial charge in [0.1, 0.15) is 11.6 Å². The summed E-state index contributed by atoms with van der Waals surface area (Å²) in [6.07, 6.45) is 4.33. The fourth-order valence-electron chi connectivity index (χ4n) is 1.99. The van der Waals surface area contributed by atoms with Crippen LogP contribution in [-0.4, -0.2) is 16.5 Å². The Hall–Kier alpha value is -1.33. The summed E-state index contributed by atoms with van der Waals surface area (Å²) in [5, 5.41) is 3.37. The molecule has 0 amide bonds. The number of nitrogens with one attached hydrogen (secondary N) is 1. The minimum atomic E-state index is -0.243. The first-order chi connectivity index (χ1) is 9.60. The van der Waals surface area contributed by atoms with Crippen LogP contribution in [0, 0.1) is 12.7 Å². The summed E-state index contributed by atoms with van der Waals surface area (Å²) in [6, 6.07) is 4.76. The van der Waals surface area contributed by atoms with Gasteiger partial charge in [-0.15, -0.1) is 0 Å². The van der Waals surface area contributed by atoms with Gasteiger partial charge >= 0.3 is 0 Å². The molecule has 0 aliphatic heterocycles.